The van der Waals surface area contributed by atoms with Gasteiger partial charge in [0.1, 0.15) is 0 Å². The predicted octanol–water partition coefficient (Wildman–Crippen LogP) is 4.77. The number of nitro groups is 1. The van der Waals surface area contributed by atoms with Gasteiger partial charge in [0.15, 0.2) is 0 Å². The zero-order valence-corrected chi connectivity index (χ0v) is 19.3. The van der Waals surface area contributed by atoms with Crippen LogP contribution in [0.4, 0.5) is 17.1 Å². The summed E-state index contributed by atoms with van der Waals surface area (Å²) in [4.78, 5) is 39.7. The molecule has 2 amide bonds. The first-order valence-corrected chi connectivity index (χ1v) is 11.2. The normalized spacial score (nSPS) is 13.5. The highest BCUT2D eigenvalue weighted by Crippen LogP contribution is 2.25. The predicted molar refractivity (Wildman–Crippen MR) is 132 cm³/mol. The molecular formula is C25H23ClN4O4. The first kappa shape index (κ1) is 23.3. The Balaban J connectivity index is 1.35. The number of benzene rings is 3. The molecule has 0 radical (unpaired) electrons. The Morgan fingerprint density at radius 1 is 0.941 bits per heavy atom. The van der Waals surface area contributed by atoms with Crippen LogP contribution in [0.3, 0.4) is 0 Å². The van der Waals surface area contributed by atoms with Gasteiger partial charge in [-0.1, -0.05) is 29.8 Å². The minimum atomic E-state index is -0.565. The Hall–Kier alpha value is -3.91. The van der Waals surface area contributed by atoms with Crippen LogP contribution >= 0.6 is 11.6 Å². The molecule has 0 spiro atoms. The summed E-state index contributed by atoms with van der Waals surface area (Å²) in [5, 5.41) is 13.6. The summed E-state index contributed by atoms with van der Waals surface area (Å²) in [5.41, 5.74) is 3.27. The van der Waals surface area contributed by atoms with Crippen molar-refractivity contribution >= 4 is 40.5 Å². The Bertz CT molecular complexity index is 1240. The van der Waals surface area contributed by atoms with Crippen LogP contribution in [0.25, 0.3) is 0 Å². The number of rotatable bonds is 5. The summed E-state index contributed by atoms with van der Waals surface area (Å²) in [5.74, 6) is -0.392. The lowest BCUT2D eigenvalue weighted by Gasteiger charge is -2.36. The Kier molecular flexibility index (Phi) is 6.79. The fraction of sp³-hybridized carbons (Fsp3) is 0.200. The highest BCUT2D eigenvalue weighted by molar-refractivity contribution is 6.34. The fourth-order valence-electron chi connectivity index (χ4n) is 3.91. The first-order chi connectivity index (χ1) is 16.3. The number of piperazine rings is 1. The standard InChI is InChI=1S/C25H23ClN4O4/c1-17-4-2-3-5-21(17)25(32)29-14-12-28(13-15-29)19-8-6-18(7-9-19)27-24(31)22-11-10-20(30(33)34)16-23(22)26/h2-11,16H,12-15H2,1H3,(H,27,31). The maximum Gasteiger partial charge on any atom is 0.270 e. The quantitative estimate of drug-likeness (QED) is 0.421. The van der Waals surface area contributed by atoms with Gasteiger partial charge in [0.25, 0.3) is 17.5 Å². The average Bonchev–Trinajstić information content (AvgIpc) is 2.84. The number of nitrogens with zero attached hydrogens (tertiary/aromatic N) is 3. The zero-order valence-electron chi connectivity index (χ0n) is 18.5. The van der Waals surface area contributed by atoms with Crippen LogP contribution in [0, 0.1) is 17.0 Å². The summed E-state index contributed by atoms with van der Waals surface area (Å²) in [6.07, 6.45) is 0. The van der Waals surface area contributed by atoms with Gasteiger partial charge in [-0.3, -0.25) is 19.7 Å². The topological polar surface area (TPSA) is 95.8 Å². The van der Waals surface area contributed by atoms with Gasteiger partial charge in [-0.2, -0.15) is 0 Å². The summed E-state index contributed by atoms with van der Waals surface area (Å²) >= 11 is 6.04. The molecule has 0 atom stereocenters. The number of carbonyl (C=O) groups excluding carboxylic acids is 2. The van der Waals surface area contributed by atoms with E-state index in [2.05, 4.69) is 10.2 Å². The summed E-state index contributed by atoms with van der Waals surface area (Å²) in [6.45, 7) is 4.62. The van der Waals surface area contributed by atoms with E-state index in [1.165, 1.54) is 12.1 Å². The molecule has 9 heteroatoms. The lowest BCUT2D eigenvalue weighted by molar-refractivity contribution is -0.384. The van der Waals surface area contributed by atoms with Crippen LogP contribution in [-0.4, -0.2) is 47.8 Å². The molecule has 34 heavy (non-hydrogen) atoms. The minimum Gasteiger partial charge on any atom is -0.368 e. The number of amides is 2. The number of hydrogen-bond donors (Lipinski definition) is 1. The Morgan fingerprint density at radius 3 is 2.24 bits per heavy atom. The van der Waals surface area contributed by atoms with Gasteiger partial charge in [-0.25, -0.2) is 0 Å². The molecule has 1 fully saturated rings. The number of anilines is 2. The van der Waals surface area contributed by atoms with Crippen LogP contribution in [-0.2, 0) is 0 Å². The Labute approximate surface area is 201 Å². The van der Waals surface area contributed by atoms with Gasteiger partial charge in [0.05, 0.1) is 15.5 Å². The van der Waals surface area contributed by atoms with E-state index in [-0.39, 0.29) is 22.2 Å². The lowest BCUT2D eigenvalue weighted by atomic mass is 10.1. The van der Waals surface area contributed by atoms with Crippen molar-refractivity contribution < 1.29 is 14.5 Å². The number of aryl methyl sites for hydroxylation is 1. The number of nitrogens with one attached hydrogen (secondary N) is 1. The molecule has 174 valence electrons. The van der Waals surface area contributed by atoms with Crippen molar-refractivity contribution in [1.82, 2.24) is 4.90 Å². The van der Waals surface area contributed by atoms with Crippen molar-refractivity contribution in [2.75, 3.05) is 36.4 Å². The third-order valence-corrected chi connectivity index (χ3v) is 6.15. The van der Waals surface area contributed by atoms with E-state index < -0.39 is 10.8 Å². The van der Waals surface area contributed by atoms with Gasteiger partial charge in [-0.15, -0.1) is 0 Å². The second-order valence-electron chi connectivity index (χ2n) is 8.02. The molecule has 1 N–H and O–H groups in total. The first-order valence-electron chi connectivity index (χ1n) is 10.8. The second kappa shape index (κ2) is 9.93. The van der Waals surface area contributed by atoms with Crippen LogP contribution in [0.2, 0.25) is 5.02 Å². The zero-order chi connectivity index (χ0) is 24.2. The van der Waals surface area contributed by atoms with E-state index in [1.54, 1.807) is 12.1 Å². The number of nitro benzene ring substituents is 1. The largest absolute Gasteiger partial charge is 0.368 e. The van der Waals surface area contributed by atoms with Crippen molar-refractivity contribution in [2.24, 2.45) is 0 Å². The van der Waals surface area contributed by atoms with E-state index in [0.29, 0.717) is 31.9 Å². The molecule has 0 aromatic heterocycles. The van der Waals surface area contributed by atoms with Gasteiger partial charge in [-0.05, 0) is 48.9 Å². The Morgan fingerprint density at radius 2 is 1.62 bits per heavy atom. The van der Waals surface area contributed by atoms with Gasteiger partial charge in [0.2, 0.25) is 0 Å². The van der Waals surface area contributed by atoms with Crippen LogP contribution in [0.5, 0.6) is 0 Å². The maximum absolute atomic E-state index is 12.8. The lowest BCUT2D eigenvalue weighted by Crippen LogP contribution is -2.48. The van der Waals surface area contributed by atoms with Gasteiger partial charge in [0, 0.05) is 55.2 Å². The maximum atomic E-state index is 12.8. The third kappa shape index (κ3) is 5.02. The summed E-state index contributed by atoms with van der Waals surface area (Å²) < 4.78 is 0. The van der Waals surface area contributed by atoms with Crippen LogP contribution < -0.4 is 10.2 Å². The number of non-ortho nitro benzene ring substituents is 1. The molecule has 1 saturated heterocycles. The SMILES string of the molecule is Cc1ccccc1C(=O)N1CCN(c2ccc(NC(=O)c3ccc([N+](=O)[O-])cc3Cl)cc2)CC1. The molecule has 0 saturated carbocycles. The second-order valence-corrected chi connectivity index (χ2v) is 8.42. The molecular weight excluding hydrogens is 456 g/mol. The minimum absolute atomic E-state index is 0.0152. The van der Waals surface area contributed by atoms with Crippen molar-refractivity contribution in [3.05, 3.63) is 98.6 Å². The van der Waals surface area contributed by atoms with E-state index in [4.69, 9.17) is 11.6 Å². The molecule has 0 aliphatic carbocycles. The van der Waals surface area contributed by atoms with Gasteiger partial charge >= 0.3 is 0 Å². The number of halogens is 1. The van der Waals surface area contributed by atoms with E-state index >= 15 is 0 Å². The molecule has 0 bridgehead atoms. The molecule has 1 heterocycles. The van der Waals surface area contributed by atoms with Crippen molar-refractivity contribution in [2.45, 2.75) is 6.92 Å². The molecule has 4 rings (SSSR count). The molecule has 0 unspecified atom stereocenters. The highest BCUT2D eigenvalue weighted by atomic mass is 35.5. The van der Waals surface area contributed by atoms with E-state index in [1.807, 2.05) is 48.2 Å². The molecule has 8 nitrogen and oxygen atoms in total. The summed E-state index contributed by atoms with van der Waals surface area (Å²) in [6, 6.07) is 18.7. The fourth-order valence-corrected chi connectivity index (χ4v) is 4.17. The number of hydrogen-bond acceptors (Lipinski definition) is 5. The van der Waals surface area contributed by atoms with Crippen LogP contribution in [0.1, 0.15) is 26.3 Å². The third-order valence-electron chi connectivity index (χ3n) is 5.84. The molecule has 3 aromatic carbocycles. The molecule has 3 aromatic rings. The van der Waals surface area contributed by atoms with E-state index in [9.17, 15) is 19.7 Å². The van der Waals surface area contributed by atoms with E-state index in [0.717, 1.165) is 22.9 Å². The highest BCUT2D eigenvalue weighted by Gasteiger charge is 2.23. The van der Waals surface area contributed by atoms with Crippen molar-refractivity contribution in [1.29, 1.82) is 0 Å². The smallest absolute Gasteiger partial charge is 0.270 e. The monoisotopic (exact) mass is 478 g/mol. The molecule has 1 aliphatic rings. The van der Waals surface area contributed by atoms with Crippen molar-refractivity contribution in [3.63, 3.8) is 0 Å². The number of carbonyl (C=O) groups is 2. The average molecular weight is 479 g/mol. The van der Waals surface area contributed by atoms with Gasteiger partial charge < -0.3 is 15.1 Å². The molecule has 1 aliphatic heterocycles. The van der Waals surface area contributed by atoms with Crippen LogP contribution in [0.15, 0.2) is 66.7 Å². The van der Waals surface area contributed by atoms with Crippen molar-refractivity contribution in [3.8, 4) is 0 Å². The summed E-state index contributed by atoms with van der Waals surface area (Å²) in [7, 11) is 0.